The molecule has 0 aliphatic heterocycles. The van der Waals surface area contributed by atoms with Crippen molar-refractivity contribution in [2.75, 3.05) is 6.54 Å². The summed E-state index contributed by atoms with van der Waals surface area (Å²) < 4.78 is 0. The van der Waals surface area contributed by atoms with E-state index in [9.17, 15) is 9.59 Å². The van der Waals surface area contributed by atoms with Crippen molar-refractivity contribution >= 4 is 11.9 Å². The van der Waals surface area contributed by atoms with E-state index in [1.807, 2.05) is 0 Å². The SMILES string of the molecule is CCCCCCCC(=O)NCCC(CCC(=O)O)C(C)C. The maximum atomic E-state index is 11.7. The number of hydrogen-bond donors (Lipinski definition) is 2. The van der Waals surface area contributed by atoms with Crippen molar-refractivity contribution in [3.63, 3.8) is 0 Å². The Bertz CT molecular complexity index is 290. The third-order valence-electron chi connectivity index (χ3n) is 4.02. The van der Waals surface area contributed by atoms with E-state index in [1.54, 1.807) is 0 Å². The van der Waals surface area contributed by atoms with Crippen LogP contribution in [0.25, 0.3) is 0 Å². The predicted molar refractivity (Wildman–Crippen MR) is 86.2 cm³/mol. The van der Waals surface area contributed by atoms with Gasteiger partial charge in [-0.15, -0.1) is 0 Å². The second kappa shape index (κ2) is 12.7. The summed E-state index contributed by atoms with van der Waals surface area (Å²) in [6.07, 6.45) is 8.19. The first kappa shape index (κ1) is 19.9. The molecule has 0 saturated heterocycles. The molecule has 0 aromatic heterocycles. The largest absolute Gasteiger partial charge is 0.481 e. The molecular weight excluding hydrogens is 266 g/mol. The lowest BCUT2D eigenvalue weighted by atomic mass is 9.88. The molecule has 0 saturated carbocycles. The van der Waals surface area contributed by atoms with E-state index in [0.717, 1.165) is 19.3 Å². The molecule has 0 aromatic carbocycles. The molecule has 21 heavy (non-hydrogen) atoms. The molecule has 0 fully saturated rings. The molecule has 0 bridgehead atoms. The highest BCUT2D eigenvalue weighted by molar-refractivity contribution is 5.75. The lowest BCUT2D eigenvalue weighted by Crippen LogP contribution is -2.27. The highest BCUT2D eigenvalue weighted by Gasteiger charge is 2.15. The van der Waals surface area contributed by atoms with Gasteiger partial charge in [-0.3, -0.25) is 9.59 Å². The first-order valence-electron chi connectivity index (χ1n) is 8.45. The third kappa shape index (κ3) is 12.4. The van der Waals surface area contributed by atoms with Crippen LogP contribution in [0.4, 0.5) is 0 Å². The molecule has 4 nitrogen and oxygen atoms in total. The van der Waals surface area contributed by atoms with E-state index in [-0.39, 0.29) is 12.3 Å². The molecule has 1 unspecified atom stereocenters. The Kier molecular flexibility index (Phi) is 12.0. The van der Waals surface area contributed by atoms with E-state index in [1.165, 1.54) is 19.3 Å². The average Bonchev–Trinajstić information content (AvgIpc) is 2.41. The van der Waals surface area contributed by atoms with Crippen molar-refractivity contribution in [3.05, 3.63) is 0 Å². The monoisotopic (exact) mass is 299 g/mol. The molecule has 4 heteroatoms. The van der Waals surface area contributed by atoms with Crippen molar-refractivity contribution < 1.29 is 14.7 Å². The zero-order valence-electron chi connectivity index (χ0n) is 14.0. The minimum atomic E-state index is -0.739. The Balaban J connectivity index is 3.72. The molecule has 0 aliphatic carbocycles. The first-order chi connectivity index (χ1) is 9.97. The van der Waals surface area contributed by atoms with Crippen LogP contribution in [0.5, 0.6) is 0 Å². The number of amides is 1. The van der Waals surface area contributed by atoms with Crippen LogP contribution >= 0.6 is 0 Å². The average molecular weight is 299 g/mol. The Labute approximate surface area is 129 Å². The number of carboxylic acid groups (broad SMARTS) is 1. The van der Waals surface area contributed by atoms with Crippen LogP contribution in [0, 0.1) is 11.8 Å². The molecule has 0 heterocycles. The lowest BCUT2D eigenvalue weighted by Gasteiger charge is -2.20. The fourth-order valence-electron chi connectivity index (χ4n) is 2.49. The summed E-state index contributed by atoms with van der Waals surface area (Å²) in [5.74, 6) is 0.213. The summed E-state index contributed by atoms with van der Waals surface area (Å²) >= 11 is 0. The topological polar surface area (TPSA) is 66.4 Å². The Morgan fingerprint density at radius 1 is 1.00 bits per heavy atom. The van der Waals surface area contributed by atoms with Crippen LogP contribution in [-0.2, 0) is 9.59 Å². The van der Waals surface area contributed by atoms with Gasteiger partial charge in [0.05, 0.1) is 0 Å². The number of carboxylic acids is 1. The second-order valence-electron chi connectivity index (χ2n) is 6.24. The Hall–Kier alpha value is -1.06. The minimum Gasteiger partial charge on any atom is -0.481 e. The molecule has 0 rings (SSSR count). The van der Waals surface area contributed by atoms with Crippen LogP contribution in [0.2, 0.25) is 0 Å². The highest BCUT2D eigenvalue weighted by atomic mass is 16.4. The van der Waals surface area contributed by atoms with Gasteiger partial charge in [0, 0.05) is 19.4 Å². The molecule has 0 aliphatic rings. The minimum absolute atomic E-state index is 0.132. The summed E-state index contributed by atoms with van der Waals surface area (Å²) in [4.78, 5) is 22.3. The van der Waals surface area contributed by atoms with Crippen molar-refractivity contribution in [2.45, 2.75) is 78.6 Å². The van der Waals surface area contributed by atoms with Crippen LogP contribution < -0.4 is 5.32 Å². The van der Waals surface area contributed by atoms with Gasteiger partial charge in [0.25, 0.3) is 0 Å². The van der Waals surface area contributed by atoms with Crippen LogP contribution in [0.3, 0.4) is 0 Å². The second-order valence-corrected chi connectivity index (χ2v) is 6.24. The first-order valence-corrected chi connectivity index (χ1v) is 8.45. The molecule has 0 radical (unpaired) electrons. The zero-order chi connectivity index (χ0) is 16.1. The standard InChI is InChI=1S/C17H33NO3/c1-4-5-6-7-8-9-16(19)18-13-12-15(14(2)3)10-11-17(20)21/h14-15H,4-13H2,1-3H3,(H,18,19)(H,20,21). The van der Waals surface area contributed by atoms with E-state index in [4.69, 9.17) is 5.11 Å². The van der Waals surface area contributed by atoms with Crippen LogP contribution in [0.1, 0.15) is 78.6 Å². The molecule has 1 amide bonds. The number of nitrogens with one attached hydrogen (secondary N) is 1. The van der Waals surface area contributed by atoms with E-state index < -0.39 is 5.97 Å². The van der Waals surface area contributed by atoms with Crippen molar-refractivity contribution in [1.82, 2.24) is 5.32 Å². The van der Waals surface area contributed by atoms with Crippen molar-refractivity contribution in [3.8, 4) is 0 Å². The molecule has 2 N–H and O–H groups in total. The van der Waals surface area contributed by atoms with Crippen molar-refractivity contribution in [1.29, 1.82) is 0 Å². The number of unbranched alkanes of at least 4 members (excludes halogenated alkanes) is 4. The Morgan fingerprint density at radius 3 is 2.24 bits per heavy atom. The summed E-state index contributed by atoms with van der Waals surface area (Å²) in [5, 5.41) is 11.7. The summed E-state index contributed by atoms with van der Waals surface area (Å²) in [7, 11) is 0. The maximum Gasteiger partial charge on any atom is 0.303 e. The summed E-state index contributed by atoms with van der Waals surface area (Å²) in [5.41, 5.74) is 0. The van der Waals surface area contributed by atoms with Gasteiger partial charge in [-0.2, -0.15) is 0 Å². The van der Waals surface area contributed by atoms with Gasteiger partial charge in [0.15, 0.2) is 0 Å². The van der Waals surface area contributed by atoms with Gasteiger partial charge < -0.3 is 10.4 Å². The molecule has 0 spiro atoms. The zero-order valence-corrected chi connectivity index (χ0v) is 14.0. The summed E-state index contributed by atoms with van der Waals surface area (Å²) in [6.45, 7) is 7.07. The molecule has 124 valence electrons. The lowest BCUT2D eigenvalue weighted by molar-refractivity contribution is -0.137. The van der Waals surface area contributed by atoms with Gasteiger partial charge >= 0.3 is 5.97 Å². The smallest absolute Gasteiger partial charge is 0.303 e. The van der Waals surface area contributed by atoms with Gasteiger partial charge in [0.1, 0.15) is 0 Å². The number of carbonyl (C=O) groups excluding carboxylic acids is 1. The number of carbonyl (C=O) groups is 2. The number of rotatable bonds is 13. The van der Waals surface area contributed by atoms with Crippen molar-refractivity contribution in [2.24, 2.45) is 11.8 Å². The fourth-order valence-corrected chi connectivity index (χ4v) is 2.49. The number of aliphatic carboxylic acids is 1. The summed E-state index contributed by atoms with van der Waals surface area (Å²) in [6, 6.07) is 0. The number of hydrogen-bond acceptors (Lipinski definition) is 2. The van der Waals surface area contributed by atoms with Gasteiger partial charge in [-0.05, 0) is 31.1 Å². The quantitative estimate of drug-likeness (QED) is 0.505. The third-order valence-corrected chi connectivity index (χ3v) is 4.02. The fraction of sp³-hybridized carbons (Fsp3) is 0.882. The molecular formula is C17H33NO3. The molecule has 0 aromatic rings. The molecule has 1 atom stereocenters. The van der Waals surface area contributed by atoms with Gasteiger partial charge in [-0.25, -0.2) is 0 Å². The van der Waals surface area contributed by atoms with Crippen LogP contribution in [-0.4, -0.2) is 23.5 Å². The predicted octanol–water partition coefficient (Wildman–Crippen LogP) is 3.99. The van der Waals surface area contributed by atoms with Crippen LogP contribution in [0.15, 0.2) is 0 Å². The van der Waals surface area contributed by atoms with E-state index in [0.29, 0.717) is 31.2 Å². The maximum absolute atomic E-state index is 11.7. The Morgan fingerprint density at radius 2 is 1.67 bits per heavy atom. The van der Waals surface area contributed by atoms with Gasteiger partial charge in [-0.1, -0.05) is 46.5 Å². The van der Waals surface area contributed by atoms with E-state index in [2.05, 4.69) is 26.1 Å². The normalized spacial score (nSPS) is 12.4. The van der Waals surface area contributed by atoms with Gasteiger partial charge in [0.2, 0.25) is 5.91 Å². The van der Waals surface area contributed by atoms with E-state index >= 15 is 0 Å². The highest BCUT2D eigenvalue weighted by Crippen LogP contribution is 2.20.